The molecule has 0 spiro atoms. The molecule has 10 heavy (non-hydrogen) atoms. The Labute approximate surface area is 60.8 Å². The number of rotatable bonds is 0. The summed E-state index contributed by atoms with van der Waals surface area (Å²) in [7, 11) is 0. The van der Waals surface area contributed by atoms with Crippen molar-refractivity contribution in [3.63, 3.8) is 0 Å². The summed E-state index contributed by atoms with van der Waals surface area (Å²) in [4.78, 5) is 4.33. The van der Waals surface area contributed by atoms with E-state index >= 15 is 0 Å². The molecular formula is C8H12N2. The highest BCUT2D eigenvalue weighted by molar-refractivity contribution is 6.01. The van der Waals surface area contributed by atoms with Crippen LogP contribution in [0, 0.1) is 0 Å². The first-order chi connectivity index (χ1) is 4.79. The Kier molecular flexibility index (Phi) is 1.17. The van der Waals surface area contributed by atoms with E-state index in [1.165, 1.54) is 16.9 Å². The van der Waals surface area contributed by atoms with Crippen molar-refractivity contribution in [3.05, 3.63) is 11.1 Å². The lowest BCUT2D eigenvalue weighted by Gasteiger charge is -2.02. The molecule has 0 aromatic rings. The first-order valence-electron chi connectivity index (χ1n) is 3.78. The van der Waals surface area contributed by atoms with Crippen molar-refractivity contribution in [2.75, 3.05) is 6.54 Å². The standard InChI is InChI=1S/C8H12N2/c1-5-6-2-3-8(9)7(6)4-10-5/h8H,2-4,9H2,1H3. The van der Waals surface area contributed by atoms with Gasteiger partial charge in [0, 0.05) is 11.8 Å². The van der Waals surface area contributed by atoms with Gasteiger partial charge in [-0.3, -0.25) is 4.99 Å². The maximum Gasteiger partial charge on any atom is 0.0624 e. The molecule has 54 valence electrons. The van der Waals surface area contributed by atoms with Crippen molar-refractivity contribution in [2.24, 2.45) is 10.7 Å². The molecule has 0 saturated heterocycles. The van der Waals surface area contributed by atoms with Crippen LogP contribution in [-0.2, 0) is 0 Å². The number of allylic oxidation sites excluding steroid dienone is 1. The van der Waals surface area contributed by atoms with Crippen LogP contribution in [0.3, 0.4) is 0 Å². The molecule has 2 aliphatic rings. The lowest BCUT2D eigenvalue weighted by molar-refractivity contribution is 0.737. The van der Waals surface area contributed by atoms with Gasteiger partial charge in [0.2, 0.25) is 0 Å². The fourth-order valence-corrected chi connectivity index (χ4v) is 1.78. The molecule has 0 saturated carbocycles. The predicted octanol–water partition coefficient (Wildman–Crippen LogP) is 0.879. The predicted molar refractivity (Wildman–Crippen MR) is 42.2 cm³/mol. The third-order valence-electron chi connectivity index (χ3n) is 2.46. The van der Waals surface area contributed by atoms with Gasteiger partial charge >= 0.3 is 0 Å². The highest BCUT2D eigenvalue weighted by Crippen LogP contribution is 2.30. The molecule has 0 radical (unpaired) electrons. The number of hydrogen-bond acceptors (Lipinski definition) is 2. The molecule has 2 rings (SSSR count). The largest absolute Gasteiger partial charge is 0.324 e. The van der Waals surface area contributed by atoms with Crippen molar-refractivity contribution in [2.45, 2.75) is 25.8 Å². The zero-order valence-electron chi connectivity index (χ0n) is 6.22. The Morgan fingerprint density at radius 2 is 2.40 bits per heavy atom. The second-order valence-corrected chi connectivity index (χ2v) is 3.05. The van der Waals surface area contributed by atoms with E-state index in [4.69, 9.17) is 5.73 Å². The van der Waals surface area contributed by atoms with Crippen LogP contribution in [0.4, 0.5) is 0 Å². The molecule has 2 N–H and O–H groups in total. The second-order valence-electron chi connectivity index (χ2n) is 3.05. The minimum absolute atomic E-state index is 0.316. The quantitative estimate of drug-likeness (QED) is 0.527. The Bertz CT molecular complexity index is 225. The first kappa shape index (κ1) is 6.10. The number of nitrogens with zero attached hydrogens (tertiary/aromatic N) is 1. The Morgan fingerprint density at radius 3 is 3.10 bits per heavy atom. The van der Waals surface area contributed by atoms with Crippen molar-refractivity contribution in [3.8, 4) is 0 Å². The van der Waals surface area contributed by atoms with Crippen LogP contribution in [0.25, 0.3) is 0 Å². The highest BCUT2D eigenvalue weighted by atomic mass is 14.8. The van der Waals surface area contributed by atoms with E-state index in [0.717, 1.165) is 19.4 Å². The summed E-state index contributed by atoms with van der Waals surface area (Å²) in [6.45, 7) is 2.96. The molecule has 0 aromatic carbocycles. The van der Waals surface area contributed by atoms with Crippen LogP contribution < -0.4 is 5.73 Å². The fraction of sp³-hybridized carbons (Fsp3) is 0.625. The molecule has 1 aliphatic heterocycles. The van der Waals surface area contributed by atoms with Gasteiger partial charge in [0.1, 0.15) is 0 Å². The average molecular weight is 136 g/mol. The van der Waals surface area contributed by atoms with E-state index in [9.17, 15) is 0 Å². The first-order valence-corrected chi connectivity index (χ1v) is 3.78. The van der Waals surface area contributed by atoms with Gasteiger partial charge in [0.05, 0.1) is 6.54 Å². The van der Waals surface area contributed by atoms with E-state index in [-0.39, 0.29) is 0 Å². The molecule has 2 heteroatoms. The summed E-state index contributed by atoms with van der Waals surface area (Å²) in [5.41, 5.74) is 9.93. The fourth-order valence-electron chi connectivity index (χ4n) is 1.78. The highest BCUT2D eigenvalue weighted by Gasteiger charge is 2.26. The molecule has 1 aliphatic carbocycles. The van der Waals surface area contributed by atoms with Gasteiger partial charge in [-0.05, 0) is 30.9 Å². The third-order valence-corrected chi connectivity index (χ3v) is 2.46. The van der Waals surface area contributed by atoms with Gasteiger partial charge in [-0.2, -0.15) is 0 Å². The van der Waals surface area contributed by atoms with E-state index in [0.29, 0.717) is 6.04 Å². The van der Waals surface area contributed by atoms with Crippen LogP contribution in [0.2, 0.25) is 0 Å². The van der Waals surface area contributed by atoms with Crippen molar-refractivity contribution >= 4 is 5.71 Å². The molecule has 2 nitrogen and oxygen atoms in total. The van der Waals surface area contributed by atoms with Crippen molar-refractivity contribution < 1.29 is 0 Å². The van der Waals surface area contributed by atoms with Crippen LogP contribution in [0.15, 0.2) is 16.1 Å². The minimum Gasteiger partial charge on any atom is -0.324 e. The summed E-state index contributed by atoms with van der Waals surface area (Å²) < 4.78 is 0. The van der Waals surface area contributed by atoms with E-state index < -0.39 is 0 Å². The average Bonchev–Trinajstić information content (AvgIpc) is 2.41. The Morgan fingerprint density at radius 1 is 1.60 bits per heavy atom. The summed E-state index contributed by atoms with van der Waals surface area (Å²) in [6.07, 6.45) is 2.30. The molecule has 0 fully saturated rings. The summed E-state index contributed by atoms with van der Waals surface area (Å²) >= 11 is 0. The summed E-state index contributed by atoms with van der Waals surface area (Å²) in [5.74, 6) is 0. The summed E-state index contributed by atoms with van der Waals surface area (Å²) in [6, 6.07) is 0.316. The molecule has 1 atom stereocenters. The lowest BCUT2D eigenvalue weighted by Crippen LogP contribution is -2.19. The van der Waals surface area contributed by atoms with E-state index in [1.807, 2.05) is 0 Å². The molecule has 1 heterocycles. The Hall–Kier alpha value is -0.630. The van der Waals surface area contributed by atoms with Crippen LogP contribution in [-0.4, -0.2) is 18.3 Å². The van der Waals surface area contributed by atoms with E-state index in [2.05, 4.69) is 11.9 Å². The van der Waals surface area contributed by atoms with Gasteiger partial charge in [0.25, 0.3) is 0 Å². The van der Waals surface area contributed by atoms with Gasteiger partial charge in [-0.25, -0.2) is 0 Å². The smallest absolute Gasteiger partial charge is 0.0624 e. The molecule has 0 aromatic heterocycles. The molecule has 1 unspecified atom stereocenters. The number of aliphatic imine (C=N–C) groups is 1. The van der Waals surface area contributed by atoms with Gasteiger partial charge < -0.3 is 5.73 Å². The zero-order valence-corrected chi connectivity index (χ0v) is 6.22. The SMILES string of the molecule is CC1=NCC2=C1CCC2N. The third kappa shape index (κ3) is 0.655. The van der Waals surface area contributed by atoms with Gasteiger partial charge in [-0.1, -0.05) is 0 Å². The normalized spacial score (nSPS) is 31.0. The molecule has 0 bridgehead atoms. The Balaban J connectivity index is 2.34. The van der Waals surface area contributed by atoms with Gasteiger partial charge in [0.15, 0.2) is 0 Å². The molecular weight excluding hydrogens is 124 g/mol. The van der Waals surface area contributed by atoms with Crippen molar-refractivity contribution in [1.29, 1.82) is 0 Å². The van der Waals surface area contributed by atoms with E-state index in [1.54, 1.807) is 0 Å². The van der Waals surface area contributed by atoms with Crippen LogP contribution in [0.5, 0.6) is 0 Å². The van der Waals surface area contributed by atoms with Crippen LogP contribution >= 0.6 is 0 Å². The van der Waals surface area contributed by atoms with Gasteiger partial charge in [-0.15, -0.1) is 0 Å². The maximum absolute atomic E-state index is 5.85. The number of nitrogens with two attached hydrogens (primary N) is 1. The lowest BCUT2D eigenvalue weighted by atomic mass is 10.1. The van der Waals surface area contributed by atoms with Crippen LogP contribution in [0.1, 0.15) is 19.8 Å². The maximum atomic E-state index is 5.85. The van der Waals surface area contributed by atoms with Crippen molar-refractivity contribution in [1.82, 2.24) is 0 Å². The monoisotopic (exact) mass is 136 g/mol. The topological polar surface area (TPSA) is 38.4 Å². The second kappa shape index (κ2) is 1.92. The zero-order chi connectivity index (χ0) is 7.14. The number of hydrogen-bond donors (Lipinski definition) is 1. The molecule has 0 amide bonds. The summed E-state index contributed by atoms with van der Waals surface area (Å²) in [5, 5.41) is 0. The minimum atomic E-state index is 0.316.